The summed E-state index contributed by atoms with van der Waals surface area (Å²) in [6.45, 7) is 7.35. The number of hydrogen-bond donors (Lipinski definition) is 3. The van der Waals surface area contributed by atoms with Crippen LogP contribution in [0.4, 0.5) is 15.8 Å². The van der Waals surface area contributed by atoms with Gasteiger partial charge in [-0.15, -0.1) is 0 Å². The van der Waals surface area contributed by atoms with E-state index in [1.807, 2.05) is 38.1 Å². The van der Waals surface area contributed by atoms with Gasteiger partial charge in [0.2, 0.25) is 17.7 Å². The Kier molecular flexibility index (Phi) is 8.09. The molecule has 0 saturated carbocycles. The first-order valence-electron chi connectivity index (χ1n) is 9.92. The number of amides is 3. The molecule has 7 heteroatoms. The third kappa shape index (κ3) is 6.69. The molecule has 0 heterocycles. The maximum Gasteiger partial charge on any atom is 0.246 e. The van der Waals surface area contributed by atoms with Crippen molar-refractivity contribution in [1.82, 2.24) is 5.32 Å². The fourth-order valence-corrected chi connectivity index (χ4v) is 2.90. The van der Waals surface area contributed by atoms with E-state index in [-0.39, 0.29) is 24.7 Å². The molecule has 0 bridgehead atoms. The minimum atomic E-state index is -0.829. The Morgan fingerprint density at radius 3 is 2.27 bits per heavy atom. The Labute approximate surface area is 176 Å². The first-order valence-corrected chi connectivity index (χ1v) is 9.92. The summed E-state index contributed by atoms with van der Waals surface area (Å²) in [5.41, 5.74) is 2.82. The van der Waals surface area contributed by atoms with Gasteiger partial charge in [0.25, 0.3) is 0 Å². The molecule has 0 radical (unpaired) electrons. The van der Waals surface area contributed by atoms with E-state index in [1.54, 1.807) is 13.0 Å². The first kappa shape index (κ1) is 23.1. The third-order valence-corrected chi connectivity index (χ3v) is 4.66. The lowest BCUT2D eigenvalue weighted by Gasteiger charge is -2.16. The lowest BCUT2D eigenvalue weighted by molar-refractivity contribution is -0.127. The fraction of sp³-hybridized carbons (Fsp3) is 0.348. The molecule has 0 aliphatic carbocycles. The fourth-order valence-electron chi connectivity index (χ4n) is 2.90. The van der Waals surface area contributed by atoms with E-state index in [0.29, 0.717) is 11.3 Å². The highest BCUT2D eigenvalue weighted by atomic mass is 19.1. The quantitative estimate of drug-likeness (QED) is 0.608. The number of hydrogen-bond acceptors (Lipinski definition) is 3. The average Bonchev–Trinajstić information content (AvgIpc) is 2.69. The molecule has 2 aromatic rings. The zero-order valence-corrected chi connectivity index (χ0v) is 17.7. The number of carbonyl (C=O) groups excluding carboxylic acids is 3. The molecule has 1 atom stereocenters. The van der Waals surface area contributed by atoms with Crippen molar-refractivity contribution in [2.45, 2.75) is 52.5 Å². The van der Waals surface area contributed by atoms with E-state index in [1.165, 1.54) is 19.1 Å². The molecular weight excluding hydrogens is 385 g/mol. The van der Waals surface area contributed by atoms with Crippen LogP contribution in [-0.2, 0) is 14.4 Å². The number of carbonyl (C=O) groups is 3. The summed E-state index contributed by atoms with van der Waals surface area (Å²) >= 11 is 0. The van der Waals surface area contributed by atoms with E-state index in [9.17, 15) is 18.8 Å². The molecule has 0 spiro atoms. The summed E-state index contributed by atoms with van der Waals surface area (Å²) in [7, 11) is 0. The topological polar surface area (TPSA) is 87.3 Å². The van der Waals surface area contributed by atoms with Crippen LogP contribution in [0.5, 0.6) is 0 Å². The number of rotatable bonds is 8. The van der Waals surface area contributed by atoms with Gasteiger partial charge in [-0.25, -0.2) is 4.39 Å². The predicted molar refractivity (Wildman–Crippen MR) is 116 cm³/mol. The van der Waals surface area contributed by atoms with Gasteiger partial charge in [-0.05, 0) is 49.1 Å². The second-order valence-corrected chi connectivity index (χ2v) is 7.53. The Bertz CT molecular complexity index is 928. The third-order valence-electron chi connectivity index (χ3n) is 4.66. The Morgan fingerprint density at radius 1 is 0.900 bits per heavy atom. The molecular formula is C23H28FN3O3. The van der Waals surface area contributed by atoms with Crippen molar-refractivity contribution >= 4 is 29.1 Å². The molecule has 3 N–H and O–H groups in total. The predicted octanol–water partition coefficient (Wildman–Crippen LogP) is 4.12. The molecule has 6 nitrogen and oxygen atoms in total. The molecule has 0 fully saturated rings. The molecule has 30 heavy (non-hydrogen) atoms. The molecule has 0 aliphatic rings. The lowest BCUT2D eigenvalue weighted by Crippen LogP contribution is -2.41. The number of aryl methyl sites for hydroxylation is 1. The van der Waals surface area contributed by atoms with Crippen molar-refractivity contribution in [2.24, 2.45) is 0 Å². The van der Waals surface area contributed by atoms with Crippen LogP contribution in [0.25, 0.3) is 0 Å². The number of halogens is 1. The van der Waals surface area contributed by atoms with Crippen molar-refractivity contribution in [2.75, 3.05) is 10.6 Å². The Morgan fingerprint density at radius 2 is 1.57 bits per heavy atom. The average molecular weight is 413 g/mol. The van der Waals surface area contributed by atoms with E-state index in [2.05, 4.69) is 16.0 Å². The van der Waals surface area contributed by atoms with Crippen LogP contribution < -0.4 is 16.0 Å². The summed E-state index contributed by atoms with van der Waals surface area (Å²) in [4.78, 5) is 36.6. The lowest BCUT2D eigenvalue weighted by atomic mass is 10.0. The van der Waals surface area contributed by atoms with E-state index in [0.717, 1.165) is 11.3 Å². The largest absolute Gasteiger partial charge is 0.345 e. The zero-order valence-electron chi connectivity index (χ0n) is 17.7. The van der Waals surface area contributed by atoms with Crippen LogP contribution in [0.15, 0.2) is 42.5 Å². The molecule has 0 unspecified atom stereocenters. The van der Waals surface area contributed by atoms with Crippen molar-refractivity contribution in [3.05, 3.63) is 59.4 Å². The molecule has 2 rings (SSSR count). The number of para-hydroxylation sites is 1. The maximum absolute atomic E-state index is 13.4. The Hall–Kier alpha value is -3.22. The van der Waals surface area contributed by atoms with E-state index < -0.39 is 23.7 Å². The number of nitrogens with one attached hydrogen (secondary N) is 3. The molecule has 0 aliphatic heterocycles. The first-order chi connectivity index (χ1) is 14.2. The highest BCUT2D eigenvalue weighted by Crippen LogP contribution is 2.23. The number of anilines is 2. The SMILES string of the molecule is Cc1ccc(F)cc1NC(=O)[C@@H](C)NC(=O)CCC(=O)Nc1ccccc1C(C)C. The summed E-state index contributed by atoms with van der Waals surface area (Å²) in [5.74, 6) is -1.36. The summed E-state index contributed by atoms with van der Waals surface area (Å²) in [6.07, 6.45) is -0.0537. The van der Waals surface area contributed by atoms with Crippen LogP contribution in [0, 0.1) is 12.7 Å². The van der Waals surface area contributed by atoms with Crippen molar-refractivity contribution < 1.29 is 18.8 Å². The second kappa shape index (κ2) is 10.5. The van der Waals surface area contributed by atoms with Crippen molar-refractivity contribution in [3.63, 3.8) is 0 Å². The smallest absolute Gasteiger partial charge is 0.246 e. The highest BCUT2D eigenvalue weighted by Gasteiger charge is 2.18. The summed E-state index contributed by atoms with van der Waals surface area (Å²) < 4.78 is 13.4. The van der Waals surface area contributed by atoms with Gasteiger partial charge < -0.3 is 16.0 Å². The minimum absolute atomic E-state index is 0.00436. The summed E-state index contributed by atoms with van der Waals surface area (Å²) in [6, 6.07) is 10.8. The van der Waals surface area contributed by atoms with Gasteiger partial charge in [-0.1, -0.05) is 38.1 Å². The van der Waals surface area contributed by atoms with Crippen LogP contribution in [0.3, 0.4) is 0 Å². The molecule has 0 saturated heterocycles. The van der Waals surface area contributed by atoms with Gasteiger partial charge >= 0.3 is 0 Å². The van der Waals surface area contributed by atoms with Gasteiger partial charge in [0.15, 0.2) is 0 Å². The maximum atomic E-state index is 13.4. The standard InChI is InChI=1S/C23H28FN3O3/c1-14(2)18-7-5-6-8-19(18)26-22(29)12-11-21(28)25-16(4)23(30)27-20-13-17(24)10-9-15(20)3/h5-10,13-14,16H,11-12H2,1-4H3,(H,25,28)(H,26,29)(H,27,30)/t16-/m1/s1. The van der Waals surface area contributed by atoms with Crippen molar-refractivity contribution in [3.8, 4) is 0 Å². The van der Waals surface area contributed by atoms with Gasteiger partial charge in [0, 0.05) is 24.2 Å². The van der Waals surface area contributed by atoms with E-state index in [4.69, 9.17) is 0 Å². The van der Waals surface area contributed by atoms with Crippen LogP contribution in [-0.4, -0.2) is 23.8 Å². The van der Waals surface area contributed by atoms with Gasteiger partial charge in [-0.2, -0.15) is 0 Å². The summed E-state index contributed by atoms with van der Waals surface area (Å²) in [5, 5.41) is 7.99. The monoisotopic (exact) mass is 413 g/mol. The highest BCUT2D eigenvalue weighted by molar-refractivity contribution is 5.98. The Balaban J connectivity index is 1.83. The van der Waals surface area contributed by atoms with Crippen LogP contribution in [0.2, 0.25) is 0 Å². The zero-order chi connectivity index (χ0) is 22.3. The minimum Gasteiger partial charge on any atom is -0.345 e. The van der Waals surface area contributed by atoms with Crippen molar-refractivity contribution in [1.29, 1.82) is 0 Å². The molecule has 2 aromatic carbocycles. The van der Waals surface area contributed by atoms with Crippen LogP contribution in [0.1, 0.15) is 50.7 Å². The van der Waals surface area contributed by atoms with E-state index >= 15 is 0 Å². The molecule has 160 valence electrons. The molecule has 0 aromatic heterocycles. The van der Waals surface area contributed by atoms with Gasteiger partial charge in [0.05, 0.1) is 0 Å². The van der Waals surface area contributed by atoms with Crippen LogP contribution >= 0.6 is 0 Å². The number of benzene rings is 2. The van der Waals surface area contributed by atoms with Gasteiger partial charge in [0.1, 0.15) is 11.9 Å². The molecule has 3 amide bonds. The van der Waals surface area contributed by atoms with Gasteiger partial charge in [-0.3, -0.25) is 14.4 Å². The normalized spacial score (nSPS) is 11.7. The second-order valence-electron chi connectivity index (χ2n) is 7.53.